The minimum absolute atomic E-state index is 0.0576. The van der Waals surface area contributed by atoms with Gasteiger partial charge in [0.15, 0.2) is 0 Å². The van der Waals surface area contributed by atoms with Crippen molar-refractivity contribution in [3.05, 3.63) is 48.8 Å². The molecule has 134 valence electrons. The highest BCUT2D eigenvalue weighted by Gasteiger charge is 2.20. The van der Waals surface area contributed by atoms with Crippen LogP contribution in [0.2, 0.25) is 0 Å². The number of hydrogen-bond acceptors (Lipinski definition) is 6. The van der Waals surface area contributed by atoms with Crippen LogP contribution in [0.3, 0.4) is 0 Å². The molecule has 26 heavy (non-hydrogen) atoms. The molecule has 0 amide bonds. The maximum Gasteiger partial charge on any atom is 0.418 e. The van der Waals surface area contributed by atoms with Crippen molar-refractivity contribution in [3.63, 3.8) is 0 Å². The zero-order valence-electron chi connectivity index (χ0n) is 14.8. The maximum atomic E-state index is 12.4. The Morgan fingerprint density at radius 1 is 1.23 bits per heavy atom. The Balaban J connectivity index is 2.03. The summed E-state index contributed by atoms with van der Waals surface area (Å²) in [7, 11) is 0. The average molecular weight is 352 g/mol. The van der Waals surface area contributed by atoms with Crippen LogP contribution >= 0.6 is 0 Å². The number of carbonyl (C=O) groups is 1. The van der Waals surface area contributed by atoms with E-state index < -0.39 is 11.7 Å². The van der Waals surface area contributed by atoms with E-state index in [1.165, 1.54) is 10.8 Å². The normalized spacial score (nSPS) is 11.3. The number of phenolic OH excluding ortho intramolecular Hbond substituents is 1. The molecule has 2 heterocycles. The van der Waals surface area contributed by atoms with Crippen molar-refractivity contribution in [2.24, 2.45) is 0 Å². The molecule has 0 unspecified atom stereocenters. The monoisotopic (exact) mass is 352 g/mol. The van der Waals surface area contributed by atoms with Crippen LogP contribution in [0.5, 0.6) is 5.75 Å². The number of rotatable bonds is 2. The molecule has 0 radical (unpaired) electrons. The Labute approximate surface area is 151 Å². The fourth-order valence-corrected chi connectivity index (χ4v) is 2.51. The zero-order chi connectivity index (χ0) is 18.9. The molecule has 0 atom stereocenters. The first-order valence-electron chi connectivity index (χ1n) is 8.07. The number of benzene rings is 1. The lowest BCUT2D eigenvalue weighted by Gasteiger charge is -2.20. The number of nitrogen functional groups attached to an aromatic ring is 1. The Kier molecular flexibility index (Phi) is 4.38. The summed E-state index contributed by atoms with van der Waals surface area (Å²) in [6.45, 7) is 5.44. The van der Waals surface area contributed by atoms with Gasteiger partial charge in [0.25, 0.3) is 0 Å². The van der Waals surface area contributed by atoms with E-state index in [-0.39, 0.29) is 11.7 Å². The number of nitrogens with two attached hydrogens (primary N) is 1. The van der Waals surface area contributed by atoms with Gasteiger partial charge in [0, 0.05) is 18.0 Å². The van der Waals surface area contributed by atoms with Crippen LogP contribution in [0.1, 0.15) is 20.8 Å². The summed E-state index contributed by atoms with van der Waals surface area (Å²) in [5.74, 6) is 0.173. The van der Waals surface area contributed by atoms with Crippen LogP contribution in [0, 0.1) is 0 Å². The second-order valence-corrected chi connectivity index (χ2v) is 6.78. The van der Waals surface area contributed by atoms with Crippen molar-refractivity contribution in [2.75, 3.05) is 5.73 Å². The lowest BCUT2D eigenvalue weighted by atomic mass is 10.0. The Hall–Kier alpha value is -3.35. The highest BCUT2D eigenvalue weighted by molar-refractivity contribution is 5.81. The molecule has 0 bridgehead atoms. The van der Waals surface area contributed by atoms with E-state index in [2.05, 4.69) is 9.97 Å². The van der Waals surface area contributed by atoms with Crippen LogP contribution < -0.4 is 5.73 Å². The first kappa shape index (κ1) is 17.5. The van der Waals surface area contributed by atoms with Gasteiger partial charge in [-0.3, -0.25) is 4.57 Å². The van der Waals surface area contributed by atoms with E-state index >= 15 is 0 Å². The summed E-state index contributed by atoms with van der Waals surface area (Å²) < 4.78 is 6.86. The van der Waals surface area contributed by atoms with Gasteiger partial charge in [0.1, 0.15) is 11.4 Å². The Morgan fingerprint density at radius 2 is 2.00 bits per heavy atom. The van der Waals surface area contributed by atoms with E-state index in [9.17, 15) is 9.90 Å². The molecule has 3 rings (SSSR count). The number of aromatic nitrogens is 3. The molecular formula is C19H20N4O3. The van der Waals surface area contributed by atoms with Gasteiger partial charge < -0.3 is 15.6 Å². The van der Waals surface area contributed by atoms with Gasteiger partial charge in [-0.25, -0.2) is 14.8 Å². The number of phenols is 1. The second kappa shape index (κ2) is 6.51. The summed E-state index contributed by atoms with van der Waals surface area (Å²) in [5.41, 5.74) is 7.39. The fraction of sp³-hybridized carbons (Fsp3) is 0.211. The number of ether oxygens (including phenoxy) is 1. The molecule has 0 fully saturated rings. The van der Waals surface area contributed by atoms with Gasteiger partial charge in [-0.05, 0) is 62.7 Å². The van der Waals surface area contributed by atoms with Crippen molar-refractivity contribution < 1.29 is 14.6 Å². The molecule has 7 heteroatoms. The van der Waals surface area contributed by atoms with Crippen LogP contribution in [0.15, 0.2) is 48.8 Å². The molecule has 0 saturated carbocycles. The standard InChI is InChI=1S/C19H20N4O3/c1-19(2,3)26-18(25)23-10-4-5-15(23)12-6-7-16(24)13(11-12)14-8-9-21-17(20)22-14/h4-11,24H,1-3H3,(H2,20,21,22). The molecule has 3 N–H and O–H groups in total. The van der Waals surface area contributed by atoms with Crippen LogP contribution in [0.25, 0.3) is 22.5 Å². The number of nitrogens with zero attached hydrogens (tertiary/aromatic N) is 3. The van der Waals surface area contributed by atoms with Gasteiger partial charge in [-0.15, -0.1) is 0 Å². The van der Waals surface area contributed by atoms with E-state index in [0.29, 0.717) is 17.0 Å². The molecule has 0 aliphatic heterocycles. The van der Waals surface area contributed by atoms with Crippen molar-refractivity contribution in [3.8, 4) is 28.3 Å². The number of aromatic hydroxyl groups is 1. The fourth-order valence-electron chi connectivity index (χ4n) is 2.51. The number of hydrogen-bond donors (Lipinski definition) is 2. The topological polar surface area (TPSA) is 103 Å². The summed E-state index contributed by atoms with van der Waals surface area (Å²) in [4.78, 5) is 20.4. The van der Waals surface area contributed by atoms with E-state index in [4.69, 9.17) is 10.5 Å². The lowest BCUT2D eigenvalue weighted by Crippen LogP contribution is -2.27. The third-order valence-corrected chi connectivity index (χ3v) is 3.58. The third-order valence-electron chi connectivity index (χ3n) is 3.58. The van der Waals surface area contributed by atoms with Crippen molar-refractivity contribution in [2.45, 2.75) is 26.4 Å². The summed E-state index contributed by atoms with van der Waals surface area (Å²) in [6, 6.07) is 10.2. The first-order chi connectivity index (χ1) is 12.2. The SMILES string of the molecule is CC(C)(C)OC(=O)n1cccc1-c1ccc(O)c(-c2ccnc(N)n2)c1. The molecule has 0 spiro atoms. The smallest absolute Gasteiger partial charge is 0.418 e. The van der Waals surface area contributed by atoms with Gasteiger partial charge in [-0.1, -0.05) is 0 Å². The van der Waals surface area contributed by atoms with Crippen LogP contribution in [-0.4, -0.2) is 31.3 Å². The van der Waals surface area contributed by atoms with Crippen molar-refractivity contribution in [1.29, 1.82) is 0 Å². The van der Waals surface area contributed by atoms with Gasteiger partial charge in [0.05, 0.1) is 11.4 Å². The van der Waals surface area contributed by atoms with Gasteiger partial charge in [-0.2, -0.15) is 0 Å². The van der Waals surface area contributed by atoms with Crippen molar-refractivity contribution >= 4 is 12.0 Å². The molecule has 3 aromatic rings. The predicted octanol–water partition coefficient (Wildman–Crippen LogP) is 3.68. The van der Waals surface area contributed by atoms with Crippen molar-refractivity contribution in [1.82, 2.24) is 14.5 Å². The molecule has 0 aliphatic rings. The highest BCUT2D eigenvalue weighted by atomic mass is 16.6. The predicted molar refractivity (Wildman–Crippen MR) is 98.6 cm³/mol. The molecule has 7 nitrogen and oxygen atoms in total. The molecule has 0 saturated heterocycles. The van der Waals surface area contributed by atoms with Gasteiger partial charge in [0.2, 0.25) is 5.95 Å². The minimum atomic E-state index is -0.600. The average Bonchev–Trinajstić information content (AvgIpc) is 3.03. The lowest BCUT2D eigenvalue weighted by molar-refractivity contribution is 0.0540. The molecule has 2 aromatic heterocycles. The maximum absolute atomic E-state index is 12.4. The minimum Gasteiger partial charge on any atom is -0.507 e. The Morgan fingerprint density at radius 3 is 2.69 bits per heavy atom. The highest BCUT2D eigenvalue weighted by Crippen LogP contribution is 2.33. The first-order valence-corrected chi connectivity index (χ1v) is 8.07. The largest absolute Gasteiger partial charge is 0.507 e. The number of anilines is 1. The Bertz CT molecular complexity index is 957. The molecular weight excluding hydrogens is 332 g/mol. The number of carbonyl (C=O) groups excluding carboxylic acids is 1. The summed E-state index contributed by atoms with van der Waals surface area (Å²) in [5, 5.41) is 10.2. The zero-order valence-corrected chi connectivity index (χ0v) is 14.8. The quantitative estimate of drug-likeness (QED) is 0.729. The van der Waals surface area contributed by atoms with E-state index in [0.717, 1.165) is 5.56 Å². The molecule has 1 aromatic carbocycles. The summed E-state index contributed by atoms with van der Waals surface area (Å²) >= 11 is 0. The van der Waals surface area contributed by atoms with E-state index in [1.54, 1.807) is 42.6 Å². The summed E-state index contributed by atoms with van der Waals surface area (Å²) in [6.07, 6.45) is 2.68. The van der Waals surface area contributed by atoms with Crippen LogP contribution in [-0.2, 0) is 4.74 Å². The third kappa shape index (κ3) is 3.66. The molecule has 0 aliphatic carbocycles. The van der Waals surface area contributed by atoms with Gasteiger partial charge >= 0.3 is 6.09 Å². The van der Waals surface area contributed by atoms with Crippen LogP contribution in [0.4, 0.5) is 10.7 Å². The van der Waals surface area contributed by atoms with E-state index in [1.807, 2.05) is 20.8 Å². The second-order valence-electron chi connectivity index (χ2n) is 6.78.